The summed E-state index contributed by atoms with van der Waals surface area (Å²) in [4.78, 5) is 30.7. The molecule has 1 unspecified atom stereocenters. The van der Waals surface area contributed by atoms with Crippen LogP contribution < -0.4 is 0 Å². The second-order valence-electron chi connectivity index (χ2n) is 7.14. The van der Waals surface area contributed by atoms with Gasteiger partial charge in [-0.05, 0) is 28.7 Å². The molecule has 154 valence electrons. The van der Waals surface area contributed by atoms with E-state index < -0.39 is 18.1 Å². The molecule has 30 heavy (non-hydrogen) atoms. The van der Waals surface area contributed by atoms with Gasteiger partial charge in [0.15, 0.2) is 6.04 Å². The minimum absolute atomic E-state index is 0.0727. The van der Waals surface area contributed by atoms with Gasteiger partial charge in [-0.15, -0.1) is 11.3 Å². The van der Waals surface area contributed by atoms with Crippen molar-refractivity contribution in [3.8, 4) is 11.1 Å². The third-order valence-electron chi connectivity index (χ3n) is 5.30. The average Bonchev–Trinajstić information content (AvgIpc) is 3.38. The summed E-state index contributed by atoms with van der Waals surface area (Å²) in [6.07, 6.45) is 1.48. The van der Waals surface area contributed by atoms with E-state index in [-0.39, 0.29) is 19.1 Å². The van der Waals surface area contributed by atoms with E-state index in [1.54, 1.807) is 5.51 Å². The number of hydrogen-bond acceptors (Lipinski definition) is 5. The van der Waals surface area contributed by atoms with Gasteiger partial charge in [-0.1, -0.05) is 55.5 Å². The Kier molecular flexibility index (Phi) is 5.81. The van der Waals surface area contributed by atoms with E-state index in [0.29, 0.717) is 11.3 Å². The average molecular weight is 423 g/mol. The van der Waals surface area contributed by atoms with E-state index in [2.05, 4.69) is 29.2 Å². The van der Waals surface area contributed by atoms with Crippen molar-refractivity contribution in [2.24, 2.45) is 0 Å². The molecule has 1 amide bonds. The number of benzene rings is 2. The van der Waals surface area contributed by atoms with E-state index in [1.807, 2.05) is 31.2 Å². The Hall–Kier alpha value is -3.19. The molecule has 0 bridgehead atoms. The molecular formula is C23H22N2O4S. The topological polar surface area (TPSA) is 79.7 Å². The largest absolute Gasteiger partial charge is 0.479 e. The minimum atomic E-state index is -1.10. The summed E-state index contributed by atoms with van der Waals surface area (Å²) in [5, 5.41) is 9.76. The van der Waals surface area contributed by atoms with Crippen LogP contribution in [-0.2, 0) is 9.53 Å². The van der Waals surface area contributed by atoms with Crippen molar-refractivity contribution in [1.29, 1.82) is 0 Å². The Morgan fingerprint density at radius 1 is 1.13 bits per heavy atom. The van der Waals surface area contributed by atoms with Crippen LogP contribution in [0.15, 0.2) is 60.2 Å². The Balaban J connectivity index is 1.56. The molecule has 0 aliphatic heterocycles. The Labute approximate surface area is 178 Å². The quantitative estimate of drug-likeness (QED) is 0.584. The number of carboxylic acid groups (broad SMARTS) is 1. The molecule has 0 saturated heterocycles. The molecule has 0 spiro atoms. The smallest absolute Gasteiger partial charge is 0.410 e. The Bertz CT molecular complexity index is 1010. The van der Waals surface area contributed by atoms with Crippen LogP contribution in [0.3, 0.4) is 0 Å². The number of ether oxygens (including phenoxy) is 1. The molecule has 1 aliphatic rings. The molecule has 4 rings (SSSR count). The van der Waals surface area contributed by atoms with Crippen molar-refractivity contribution in [3.05, 3.63) is 76.2 Å². The fraction of sp³-hybridized carbons (Fsp3) is 0.261. The number of carbonyl (C=O) groups is 2. The molecule has 1 atom stereocenters. The highest BCUT2D eigenvalue weighted by molar-refractivity contribution is 7.09. The van der Waals surface area contributed by atoms with Crippen molar-refractivity contribution in [1.82, 2.24) is 9.88 Å². The number of carbonyl (C=O) groups excluding carboxylic acids is 1. The summed E-state index contributed by atoms with van der Waals surface area (Å²) in [6, 6.07) is 15.1. The van der Waals surface area contributed by atoms with Gasteiger partial charge in [0.1, 0.15) is 6.61 Å². The minimum Gasteiger partial charge on any atom is -0.479 e. The van der Waals surface area contributed by atoms with Crippen LogP contribution in [0, 0.1) is 0 Å². The van der Waals surface area contributed by atoms with Crippen LogP contribution in [0.25, 0.3) is 11.1 Å². The molecule has 0 fully saturated rings. The first-order chi connectivity index (χ1) is 14.6. The summed E-state index contributed by atoms with van der Waals surface area (Å²) < 4.78 is 5.69. The van der Waals surface area contributed by atoms with E-state index >= 15 is 0 Å². The SMILES string of the molecule is CCCN(C(=O)OCC1c2ccccc2-c2ccccc21)C(C(=O)O)c1cncs1. The summed E-state index contributed by atoms with van der Waals surface area (Å²) in [6.45, 7) is 2.34. The number of thiazole rings is 1. The highest BCUT2D eigenvalue weighted by atomic mass is 32.1. The standard InChI is InChI=1S/C23H22N2O4S/c1-2-11-25(21(22(26)27)20-12-24-14-30-20)23(28)29-13-19-17-9-5-3-7-15(17)16-8-4-6-10-18(16)19/h3-10,12,14,19,21H,2,11,13H2,1H3,(H,26,27). The van der Waals surface area contributed by atoms with Gasteiger partial charge in [-0.3, -0.25) is 9.88 Å². The predicted molar refractivity (Wildman–Crippen MR) is 115 cm³/mol. The molecule has 1 aliphatic carbocycles. The van der Waals surface area contributed by atoms with Gasteiger partial charge in [-0.25, -0.2) is 9.59 Å². The van der Waals surface area contributed by atoms with Crippen LogP contribution in [0.4, 0.5) is 4.79 Å². The zero-order valence-corrected chi connectivity index (χ0v) is 17.3. The molecule has 1 aromatic heterocycles. The highest BCUT2D eigenvalue weighted by Gasteiger charge is 2.34. The fourth-order valence-electron chi connectivity index (χ4n) is 4.01. The number of carboxylic acids is 1. The summed E-state index contributed by atoms with van der Waals surface area (Å²) in [5.74, 6) is -1.17. The number of aromatic nitrogens is 1. The van der Waals surface area contributed by atoms with Gasteiger partial charge in [0.25, 0.3) is 0 Å². The van der Waals surface area contributed by atoms with Crippen LogP contribution in [-0.4, -0.2) is 40.2 Å². The number of rotatable bonds is 7. The van der Waals surface area contributed by atoms with E-state index in [9.17, 15) is 14.7 Å². The number of aliphatic carboxylic acids is 1. The van der Waals surface area contributed by atoms with Crippen LogP contribution in [0.1, 0.15) is 41.3 Å². The zero-order chi connectivity index (χ0) is 21.1. The van der Waals surface area contributed by atoms with E-state index in [1.165, 1.54) is 22.4 Å². The van der Waals surface area contributed by atoms with E-state index in [4.69, 9.17) is 4.74 Å². The summed E-state index contributed by atoms with van der Waals surface area (Å²) in [5.41, 5.74) is 6.09. The zero-order valence-electron chi connectivity index (χ0n) is 16.5. The predicted octanol–water partition coefficient (Wildman–Crippen LogP) is 4.93. The van der Waals surface area contributed by atoms with Crippen molar-refractivity contribution in [2.45, 2.75) is 25.3 Å². The lowest BCUT2D eigenvalue weighted by Gasteiger charge is -2.27. The van der Waals surface area contributed by atoms with Gasteiger partial charge in [-0.2, -0.15) is 0 Å². The van der Waals surface area contributed by atoms with Crippen LogP contribution in [0.2, 0.25) is 0 Å². The maximum Gasteiger partial charge on any atom is 0.410 e. The van der Waals surface area contributed by atoms with Gasteiger partial charge < -0.3 is 9.84 Å². The lowest BCUT2D eigenvalue weighted by Crippen LogP contribution is -2.40. The molecule has 7 heteroatoms. The molecule has 2 aromatic carbocycles. The summed E-state index contributed by atoms with van der Waals surface area (Å²) >= 11 is 1.21. The van der Waals surface area contributed by atoms with Crippen molar-refractivity contribution in [3.63, 3.8) is 0 Å². The first-order valence-corrected chi connectivity index (χ1v) is 10.7. The number of hydrogen-bond donors (Lipinski definition) is 1. The van der Waals surface area contributed by atoms with Crippen molar-refractivity contribution >= 4 is 23.4 Å². The monoisotopic (exact) mass is 422 g/mol. The van der Waals surface area contributed by atoms with Gasteiger partial charge in [0.05, 0.1) is 10.4 Å². The van der Waals surface area contributed by atoms with Gasteiger partial charge in [0, 0.05) is 18.7 Å². The second-order valence-corrected chi connectivity index (χ2v) is 8.06. The first kappa shape index (κ1) is 20.1. The molecule has 1 heterocycles. The Morgan fingerprint density at radius 3 is 2.30 bits per heavy atom. The first-order valence-electron chi connectivity index (χ1n) is 9.84. The third-order valence-corrected chi connectivity index (χ3v) is 6.13. The van der Waals surface area contributed by atoms with Crippen LogP contribution >= 0.6 is 11.3 Å². The number of amides is 1. The lowest BCUT2D eigenvalue weighted by atomic mass is 9.98. The maximum atomic E-state index is 13.0. The Morgan fingerprint density at radius 2 is 1.77 bits per heavy atom. The molecule has 0 saturated carbocycles. The van der Waals surface area contributed by atoms with E-state index in [0.717, 1.165) is 22.3 Å². The second kappa shape index (κ2) is 8.67. The number of fused-ring (bicyclic) bond motifs is 3. The van der Waals surface area contributed by atoms with Gasteiger partial charge >= 0.3 is 12.1 Å². The molecule has 3 aromatic rings. The molecular weight excluding hydrogens is 400 g/mol. The van der Waals surface area contributed by atoms with Gasteiger partial charge in [0.2, 0.25) is 0 Å². The maximum absolute atomic E-state index is 13.0. The lowest BCUT2D eigenvalue weighted by molar-refractivity contribution is -0.143. The van der Waals surface area contributed by atoms with Crippen molar-refractivity contribution < 1.29 is 19.4 Å². The van der Waals surface area contributed by atoms with Crippen LogP contribution in [0.5, 0.6) is 0 Å². The molecule has 6 nitrogen and oxygen atoms in total. The molecule has 0 radical (unpaired) electrons. The molecule has 1 N–H and O–H groups in total. The third kappa shape index (κ3) is 3.68. The fourth-order valence-corrected chi connectivity index (χ4v) is 4.73. The number of nitrogens with zero attached hydrogens (tertiary/aromatic N) is 2. The highest BCUT2D eigenvalue weighted by Crippen LogP contribution is 2.44. The van der Waals surface area contributed by atoms with Crippen molar-refractivity contribution in [2.75, 3.05) is 13.2 Å². The summed E-state index contributed by atoms with van der Waals surface area (Å²) in [7, 11) is 0. The normalized spacial score (nSPS) is 13.4.